The fraction of sp³-hybridized carbons (Fsp3) is 0.231. The molecule has 0 aromatic heterocycles. The number of hydrogen-bond donors (Lipinski definition) is 0. The largest absolute Gasteiger partial charge is 0.292 e. The van der Waals surface area contributed by atoms with Gasteiger partial charge in [0.05, 0.1) is 11.4 Å². The second kappa shape index (κ2) is 5.91. The van der Waals surface area contributed by atoms with Crippen LogP contribution in [0.4, 0.5) is 0 Å². The molecule has 0 heterocycles. The van der Waals surface area contributed by atoms with Gasteiger partial charge in [-0.25, -0.2) is 0 Å². The molecule has 2 nitrogen and oxygen atoms in total. The van der Waals surface area contributed by atoms with Crippen molar-refractivity contribution >= 4 is 17.6 Å². The van der Waals surface area contributed by atoms with Crippen LogP contribution in [0, 0.1) is 0 Å². The number of benzene rings is 1. The molecule has 0 bridgehead atoms. The Kier molecular flexibility index (Phi) is 4.48. The SMILES string of the molecule is C=C(/N=C(C)\C=N/CC)c1ccccc1. The van der Waals surface area contributed by atoms with E-state index in [4.69, 9.17) is 0 Å². The van der Waals surface area contributed by atoms with Crippen molar-refractivity contribution < 1.29 is 0 Å². The first-order chi connectivity index (χ1) is 7.24. The molecule has 0 N–H and O–H groups in total. The van der Waals surface area contributed by atoms with Crippen LogP contribution < -0.4 is 0 Å². The number of rotatable bonds is 4. The summed E-state index contributed by atoms with van der Waals surface area (Å²) in [7, 11) is 0. The zero-order valence-corrected chi connectivity index (χ0v) is 9.27. The lowest BCUT2D eigenvalue weighted by Crippen LogP contribution is -1.94. The third-order valence-corrected chi connectivity index (χ3v) is 1.88. The van der Waals surface area contributed by atoms with Crippen LogP contribution in [0.1, 0.15) is 19.4 Å². The highest BCUT2D eigenvalue weighted by Gasteiger charge is 1.94. The molecule has 0 amide bonds. The molecule has 0 fully saturated rings. The van der Waals surface area contributed by atoms with Crippen molar-refractivity contribution in [1.29, 1.82) is 0 Å². The summed E-state index contributed by atoms with van der Waals surface area (Å²) in [4.78, 5) is 8.48. The van der Waals surface area contributed by atoms with E-state index in [0.717, 1.165) is 23.5 Å². The van der Waals surface area contributed by atoms with Crippen LogP contribution in [-0.4, -0.2) is 18.5 Å². The highest BCUT2D eigenvalue weighted by molar-refractivity contribution is 6.30. The van der Waals surface area contributed by atoms with Crippen LogP contribution in [0.2, 0.25) is 0 Å². The first-order valence-corrected chi connectivity index (χ1v) is 5.03. The molecule has 0 aliphatic carbocycles. The summed E-state index contributed by atoms with van der Waals surface area (Å²) in [6, 6.07) is 9.93. The summed E-state index contributed by atoms with van der Waals surface area (Å²) < 4.78 is 0. The van der Waals surface area contributed by atoms with Crippen molar-refractivity contribution in [2.45, 2.75) is 13.8 Å². The quantitative estimate of drug-likeness (QED) is 0.667. The Balaban J connectivity index is 2.75. The second-order valence-corrected chi connectivity index (χ2v) is 3.19. The number of hydrogen-bond acceptors (Lipinski definition) is 2. The van der Waals surface area contributed by atoms with Crippen LogP contribution in [0.5, 0.6) is 0 Å². The molecular weight excluding hydrogens is 184 g/mol. The molecule has 0 saturated carbocycles. The highest BCUT2D eigenvalue weighted by Crippen LogP contribution is 2.12. The maximum atomic E-state index is 4.36. The van der Waals surface area contributed by atoms with Gasteiger partial charge in [-0.05, 0) is 19.4 Å². The van der Waals surface area contributed by atoms with Crippen LogP contribution in [0.25, 0.3) is 5.70 Å². The van der Waals surface area contributed by atoms with E-state index in [1.807, 2.05) is 44.2 Å². The van der Waals surface area contributed by atoms with Crippen LogP contribution in [0.15, 0.2) is 46.9 Å². The molecular formula is C13H16N2. The third-order valence-electron chi connectivity index (χ3n) is 1.88. The first-order valence-electron chi connectivity index (χ1n) is 5.03. The number of aliphatic imine (C=N–C) groups is 2. The van der Waals surface area contributed by atoms with Gasteiger partial charge >= 0.3 is 0 Å². The minimum atomic E-state index is 0.774. The molecule has 0 radical (unpaired) electrons. The van der Waals surface area contributed by atoms with Crippen molar-refractivity contribution in [2.75, 3.05) is 6.54 Å². The zero-order chi connectivity index (χ0) is 11.1. The van der Waals surface area contributed by atoms with Gasteiger partial charge in [0.15, 0.2) is 0 Å². The fourth-order valence-electron chi connectivity index (χ4n) is 1.16. The third kappa shape index (κ3) is 3.90. The Morgan fingerprint density at radius 3 is 2.60 bits per heavy atom. The monoisotopic (exact) mass is 200 g/mol. The molecule has 0 atom stereocenters. The van der Waals surface area contributed by atoms with Gasteiger partial charge in [-0.3, -0.25) is 9.98 Å². The Hall–Kier alpha value is -1.70. The van der Waals surface area contributed by atoms with Gasteiger partial charge in [0.25, 0.3) is 0 Å². The molecule has 0 aliphatic rings. The molecule has 2 heteroatoms. The molecule has 15 heavy (non-hydrogen) atoms. The first kappa shape index (κ1) is 11.4. The lowest BCUT2D eigenvalue weighted by molar-refractivity contribution is 1.14. The maximum absolute atomic E-state index is 4.36. The molecule has 1 aromatic rings. The van der Waals surface area contributed by atoms with Gasteiger partial charge in [-0.15, -0.1) is 0 Å². The summed E-state index contributed by atoms with van der Waals surface area (Å²) in [5, 5.41) is 0. The standard InChI is InChI=1S/C13H16N2/c1-4-14-10-11(2)15-12(3)13-8-6-5-7-9-13/h5-10H,3-4H2,1-2H3/b14-10-,15-11-. The Labute approximate surface area is 91.1 Å². The summed E-state index contributed by atoms with van der Waals surface area (Å²) in [6.45, 7) is 8.63. The van der Waals surface area contributed by atoms with Gasteiger partial charge in [0.1, 0.15) is 0 Å². The second-order valence-electron chi connectivity index (χ2n) is 3.19. The van der Waals surface area contributed by atoms with E-state index < -0.39 is 0 Å². The highest BCUT2D eigenvalue weighted by atomic mass is 14.8. The van der Waals surface area contributed by atoms with E-state index in [9.17, 15) is 0 Å². The van der Waals surface area contributed by atoms with Crippen LogP contribution in [-0.2, 0) is 0 Å². The Morgan fingerprint density at radius 1 is 1.33 bits per heavy atom. The van der Waals surface area contributed by atoms with Crippen molar-refractivity contribution in [3.8, 4) is 0 Å². The lowest BCUT2D eigenvalue weighted by Gasteiger charge is -1.99. The zero-order valence-electron chi connectivity index (χ0n) is 9.27. The van der Waals surface area contributed by atoms with Gasteiger partial charge in [0.2, 0.25) is 0 Å². The van der Waals surface area contributed by atoms with Gasteiger partial charge in [-0.1, -0.05) is 36.9 Å². The number of nitrogens with zero attached hydrogens (tertiary/aromatic N) is 2. The minimum absolute atomic E-state index is 0.774. The summed E-state index contributed by atoms with van der Waals surface area (Å²) >= 11 is 0. The molecule has 0 spiro atoms. The molecule has 0 unspecified atom stereocenters. The lowest BCUT2D eigenvalue weighted by atomic mass is 10.2. The maximum Gasteiger partial charge on any atom is 0.0634 e. The molecule has 1 rings (SSSR count). The van der Waals surface area contributed by atoms with Crippen molar-refractivity contribution in [3.63, 3.8) is 0 Å². The Bertz CT molecular complexity index is 375. The molecule has 0 saturated heterocycles. The molecule has 0 aliphatic heterocycles. The van der Waals surface area contributed by atoms with Gasteiger partial charge < -0.3 is 0 Å². The van der Waals surface area contributed by atoms with E-state index in [1.54, 1.807) is 6.21 Å². The van der Waals surface area contributed by atoms with Crippen molar-refractivity contribution in [3.05, 3.63) is 42.5 Å². The average Bonchev–Trinajstić information content (AvgIpc) is 2.27. The predicted octanol–water partition coefficient (Wildman–Crippen LogP) is 3.21. The minimum Gasteiger partial charge on any atom is -0.292 e. The predicted molar refractivity (Wildman–Crippen MR) is 67.6 cm³/mol. The van der Waals surface area contributed by atoms with E-state index in [0.29, 0.717) is 0 Å². The van der Waals surface area contributed by atoms with E-state index >= 15 is 0 Å². The van der Waals surface area contributed by atoms with Gasteiger partial charge in [0, 0.05) is 12.8 Å². The van der Waals surface area contributed by atoms with E-state index in [1.165, 1.54) is 0 Å². The summed E-state index contributed by atoms with van der Waals surface area (Å²) in [5.41, 5.74) is 2.70. The smallest absolute Gasteiger partial charge is 0.0634 e. The van der Waals surface area contributed by atoms with E-state index in [2.05, 4.69) is 16.6 Å². The summed E-state index contributed by atoms with van der Waals surface area (Å²) in [5.74, 6) is 0. The average molecular weight is 200 g/mol. The normalized spacial score (nSPS) is 12.0. The molecule has 1 aromatic carbocycles. The van der Waals surface area contributed by atoms with Crippen molar-refractivity contribution in [1.82, 2.24) is 0 Å². The Morgan fingerprint density at radius 2 is 2.00 bits per heavy atom. The van der Waals surface area contributed by atoms with Crippen molar-refractivity contribution in [2.24, 2.45) is 9.98 Å². The summed E-state index contributed by atoms with van der Waals surface area (Å²) in [6.07, 6.45) is 1.77. The van der Waals surface area contributed by atoms with Crippen LogP contribution in [0.3, 0.4) is 0 Å². The van der Waals surface area contributed by atoms with Crippen LogP contribution >= 0.6 is 0 Å². The van der Waals surface area contributed by atoms with Gasteiger partial charge in [-0.2, -0.15) is 0 Å². The van der Waals surface area contributed by atoms with E-state index in [-0.39, 0.29) is 0 Å². The topological polar surface area (TPSA) is 24.7 Å². The fourth-order valence-corrected chi connectivity index (χ4v) is 1.16. The molecule has 78 valence electrons.